The first-order valence-corrected chi connectivity index (χ1v) is 6.36. The van der Waals surface area contributed by atoms with Gasteiger partial charge in [0.25, 0.3) is 0 Å². The zero-order valence-electron chi connectivity index (χ0n) is 11.6. The van der Waals surface area contributed by atoms with Crippen LogP contribution in [0.4, 0.5) is 0 Å². The molecule has 0 amide bonds. The summed E-state index contributed by atoms with van der Waals surface area (Å²) >= 11 is 0. The summed E-state index contributed by atoms with van der Waals surface area (Å²) in [4.78, 5) is 2.14. The minimum absolute atomic E-state index is 0.250. The molecule has 1 aliphatic rings. The predicted molar refractivity (Wildman–Crippen MR) is 71.7 cm³/mol. The fraction of sp³-hybridized carbons (Fsp3) is 0.571. The Morgan fingerprint density at radius 3 is 2.79 bits per heavy atom. The number of ether oxygens (including phenoxy) is 3. The predicted octanol–water partition coefficient (Wildman–Crippen LogP) is 1.07. The van der Waals surface area contributed by atoms with Gasteiger partial charge in [-0.2, -0.15) is 0 Å². The lowest BCUT2D eigenvalue weighted by molar-refractivity contribution is -0.0850. The van der Waals surface area contributed by atoms with Crippen molar-refractivity contribution in [1.82, 2.24) is 4.90 Å². The van der Waals surface area contributed by atoms with Crippen LogP contribution in [0.25, 0.3) is 0 Å². The molecule has 1 saturated heterocycles. The fourth-order valence-corrected chi connectivity index (χ4v) is 2.27. The number of methoxy groups -OCH3 is 2. The molecule has 2 rings (SSSR count). The van der Waals surface area contributed by atoms with Crippen molar-refractivity contribution >= 4 is 0 Å². The highest BCUT2D eigenvalue weighted by molar-refractivity contribution is 5.42. The van der Waals surface area contributed by atoms with E-state index in [1.54, 1.807) is 26.4 Å². The summed E-state index contributed by atoms with van der Waals surface area (Å²) < 4.78 is 16.1. The second-order valence-corrected chi connectivity index (χ2v) is 4.72. The van der Waals surface area contributed by atoms with Crippen LogP contribution in [0.5, 0.6) is 11.5 Å². The summed E-state index contributed by atoms with van der Waals surface area (Å²) in [5.41, 5.74) is 0.696. The molecule has 0 saturated carbocycles. The molecule has 1 fully saturated rings. The lowest BCUT2D eigenvalue weighted by Gasteiger charge is -2.33. The van der Waals surface area contributed by atoms with Gasteiger partial charge in [-0.25, -0.2) is 0 Å². The molecule has 106 valence electrons. The van der Waals surface area contributed by atoms with Crippen LogP contribution in [0.3, 0.4) is 0 Å². The van der Waals surface area contributed by atoms with Gasteiger partial charge in [-0.3, -0.25) is 0 Å². The molecular weight excluding hydrogens is 246 g/mol. The molecule has 0 aromatic heterocycles. The normalized spacial score (nSPS) is 22.0. The van der Waals surface area contributed by atoms with Crippen LogP contribution in [0, 0.1) is 0 Å². The second-order valence-electron chi connectivity index (χ2n) is 4.72. The number of aliphatic hydroxyl groups excluding tert-OH is 1. The van der Waals surface area contributed by atoms with Gasteiger partial charge in [0.2, 0.25) is 0 Å². The van der Waals surface area contributed by atoms with E-state index in [2.05, 4.69) is 4.90 Å². The van der Waals surface area contributed by atoms with Gasteiger partial charge in [0.1, 0.15) is 23.7 Å². The van der Waals surface area contributed by atoms with Crippen LogP contribution in [0.15, 0.2) is 18.2 Å². The van der Waals surface area contributed by atoms with E-state index >= 15 is 0 Å². The summed E-state index contributed by atoms with van der Waals surface area (Å²) in [6.45, 7) is 2.21. The van der Waals surface area contributed by atoms with E-state index in [0.717, 1.165) is 6.54 Å². The number of nitrogens with zero attached hydrogens (tertiary/aromatic N) is 1. The number of hydrogen-bond donors (Lipinski definition) is 1. The van der Waals surface area contributed by atoms with E-state index < -0.39 is 6.10 Å². The Morgan fingerprint density at radius 1 is 1.37 bits per heavy atom. The first-order chi connectivity index (χ1) is 9.15. The number of hydrogen-bond acceptors (Lipinski definition) is 5. The first kappa shape index (κ1) is 14.1. The quantitative estimate of drug-likeness (QED) is 0.884. The van der Waals surface area contributed by atoms with E-state index in [1.165, 1.54) is 0 Å². The molecule has 0 radical (unpaired) electrons. The van der Waals surface area contributed by atoms with E-state index in [4.69, 9.17) is 14.2 Å². The largest absolute Gasteiger partial charge is 0.497 e. The van der Waals surface area contributed by atoms with Gasteiger partial charge in [-0.1, -0.05) is 0 Å². The molecular formula is C14H21NO4. The van der Waals surface area contributed by atoms with Crippen LogP contribution in [-0.4, -0.2) is 57.1 Å². The van der Waals surface area contributed by atoms with Crippen molar-refractivity contribution in [2.24, 2.45) is 0 Å². The molecule has 0 spiro atoms. The Kier molecular flexibility index (Phi) is 4.63. The standard InChI is InChI=1S/C14H21NO4/c1-15-6-7-19-13(9-15)14(16)11-8-10(17-2)4-5-12(11)18-3/h4-5,8,13-14,16H,6-7,9H2,1-3H3. The number of morpholine rings is 1. The monoisotopic (exact) mass is 267 g/mol. The van der Waals surface area contributed by atoms with Gasteiger partial charge in [0.05, 0.1) is 20.8 Å². The molecule has 1 heterocycles. The fourth-order valence-electron chi connectivity index (χ4n) is 2.27. The van der Waals surface area contributed by atoms with Crippen molar-refractivity contribution in [1.29, 1.82) is 0 Å². The van der Waals surface area contributed by atoms with Crippen molar-refractivity contribution in [3.05, 3.63) is 23.8 Å². The smallest absolute Gasteiger partial charge is 0.125 e. The molecule has 1 N–H and O–H groups in total. The Morgan fingerprint density at radius 2 is 2.16 bits per heavy atom. The summed E-state index contributed by atoms with van der Waals surface area (Å²) in [5, 5.41) is 10.5. The average molecular weight is 267 g/mol. The molecule has 5 nitrogen and oxygen atoms in total. The average Bonchev–Trinajstić information content (AvgIpc) is 2.45. The molecule has 1 aromatic carbocycles. The zero-order valence-corrected chi connectivity index (χ0v) is 11.6. The summed E-state index contributed by atoms with van der Waals surface area (Å²) in [7, 11) is 5.21. The van der Waals surface area contributed by atoms with Crippen LogP contribution in [0.2, 0.25) is 0 Å². The highest BCUT2D eigenvalue weighted by Crippen LogP contribution is 2.32. The van der Waals surface area contributed by atoms with Crippen molar-refractivity contribution < 1.29 is 19.3 Å². The third-order valence-electron chi connectivity index (χ3n) is 3.40. The molecule has 2 atom stereocenters. The van der Waals surface area contributed by atoms with Crippen molar-refractivity contribution in [3.63, 3.8) is 0 Å². The number of likely N-dealkylation sites (N-methyl/N-ethyl adjacent to an activating group) is 1. The Bertz CT molecular complexity index is 424. The Labute approximate surface area is 113 Å². The van der Waals surface area contributed by atoms with Crippen LogP contribution < -0.4 is 9.47 Å². The third kappa shape index (κ3) is 3.18. The number of benzene rings is 1. The molecule has 0 bridgehead atoms. The van der Waals surface area contributed by atoms with Crippen LogP contribution >= 0.6 is 0 Å². The topological polar surface area (TPSA) is 51.2 Å². The maximum atomic E-state index is 10.5. The molecule has 5 heteroatoms. The molecule has 19 heavy (non-hydrogen) atoms. The van der Waals surface area contributed by atoms with E-state index in [0.29, 0.717) is 30.2 Å². The summed E-state index contributed by atoms with van der Waals surface area (Å²) in [6, 6.07) is 5.40. The lowest BCUT2D eigenvalue weighted by atomic mass is 10.0. The van der Waals surface area contributed by atoms with Gasteiger partial charge in [0, 0.05) is 18.7 Å². The maximum Gasteiger partial charge on any atom is 0.125 e. The van der Waals surface area contributed by atoms with Gasteiger partial charge >= 0.3 is 0 Å². The Balaban J connectivity index is 2.23. The van der Waals surface area contributed by atoms with Gasteiger partial charge < -0.3 is 24.2 Å². The van der Waals surface area contributed by atoms with Crippen molar-refractivity contribution in [2.75, 3.05) is 41.0 Å². The first-order valence-electron chi connectivity index (χ1n) is 6.36. The highest BCUT2D eigenvalue weighted by Gasteiger charge is 2.28. The third-order valence-corrected chi connectivity index (χ3v) is 3.40. The van der Waals surface area contributed by atoms with Gasteiger partial charge in [0.15, 0.2) is 0 Å². The van der Waals surface area contributed by atoms with Crippen molar-refractivity contribution in [3.8, 4) is 11.5 Å². The second kappa shape index (κ2) is 6.23. The Hall–Kier alpha value is -1.30. The van der Waals surface area contributed by atoms with Crippen LogP contribution in [-0.2, 0) is 4.74 Å². The van der Waals surface area contributed by atoms with E-state index in [1.807, 2.05) is 13.1 Å². The van der Waals surface area contributed by atoms with Crippen molar-refractivity contribution in [2.45, 2.75) is 12.2 Å². The maximum absolute atomic E-state index is 10.5. The summed E-state index contributed by atoms with van der Waals surface area (Å²) in [6.07, 6.45) is -0.979. The van der Waals surface area contributed by atoms with Gasteiger partial charge in [-0.15, -0.1) is 0 Å². The van der Waals surface area contributed by atoms with E-state index in [-0.39, 0.29) is 6.10 Å². The van der Waals surface area contributed by atoms with E-state index in [9.17, 15) is 5.11 Å². The molecule has 0 aliphatic carbocycles. The molecule has 2 unspecified atom stereocenters. The molecule has 1 aliphatic heterocycles. The van der Waals surface area contributed by atoms with Crippen LogP contribution in [0.1, 0.15) is 11.7 Å². The SMILES string of the molecule is COc1ccc(OC)c(C(O)C2CN(C)CCO2)c1. The lowest BCUT2D eigenvalue weighted by Crippen LogP contribution is -2.43. The minimum atomic E-state index is -0.729. The number of aliphatic hydroxyl groups is 1. The minimum Gasteiger partial charge on any atom is -0.497 e. The summed E-state index contributed by atoms with van der Waals surface area (Å²) in [5.74, 6) is 1.34. The number of rotatable bonds is 4. The highest BCUT2D eigenvalue weighted by atomic mass is 16.5. The zero-order chi connectivity index (χ0) is 13.8. The van der Waals surface area contributed by atoms with Gasteiger partial charge in [-0.05, 0) is 25.2 Å². The molecule has 1 aromatic rings.